The normalized spacial score (nSPS) is 26.1. The summed E-state index contributed by atoms with van der Waals surface area (Å²) >= 11 is 0. The molecular formula is C22H27F3N4O3. The number of rotatable bonds is 4. The summed E-state index contributed by atoms with van der Waals surface area (Å²) in [7, 11) is 0. The first-order valence-corrected chi connectivity index (χ1v) is 11.0. The van der Waals surface area contributed by atoms with Crippen LogP contribution in [0.1, 0.15) is 51.0 Å². The van der Waals surface area contributed by atoms with Crippen molar-refractivity contribution in [1.82, 2.24) is 10.2 Å². The van der Waals surface area contributed by atoms with Crippen LogP contribution in [0.15, 0.2) is 18.2 Å². The van der Waals surface area contributed by atoms with Gasteiger partial charge in [-0.1, -0.05) is 19.8 Å². The van der Waals surface area contributed by atoms with Crippen LogP contribution < -0.4 is 15.5 Å². The van der Waals surface area contributed by atoms with Crippen LogP contribution in [-0.4, -0.2) is 47.9 Å². The Labute approximate surface area is 184 Å². The number of imide groups is 1. The average Bonchev–Trinajstić information content (AvgIpc) is 3.33. The lowest BCUT2D eigenvalue weighted by molar-refractivity contribution is -0.137. The number of hydrogen-bond acceptors (Lipinski definition) is 4. The maximum absolute atomic E-state index is 13.3. The fourth-order valence-corrected chi connectivity index (χ4v) is 5.02. The predicted octanol–water partition coefficient (Wildman–Crippen LogP) is 3.74. The summed E-state index contributed by atoms with van der Waals surface area (Å²) in [5.74, 6) is -1.20. The summed E-state index contributed by atoms with van der Waals surface area (Å²) in [6.07, 6.45) is 0.367. The topological polar surface area (TPSA) is 81.8 Å². The molecule has 1 aromatic carbocycles. The van der Waals surface area contributed by atoms with Crippen molar-refractivity contribution in [2.24, 2.45) is 5.92 Å². The van der Waals surface area contributed by atoms with Crippen molar-refractivity contribution in [2.45, 2.75) is 57.2 Å². The highest BCUT2D eigenvalue weighted by molar-refractivity contribution is 6.10. The molecule has 2 N–H and O–H groups in total. The van der Waals surface area contributed by atoms with Crippen molar-refractivity contribution in [3.63, 3.8) is 0 Å². The number of urea groups is 1. The van der Waals surface area contributed by atoms with Crippen LogP contribution in [0.25, 0.3) is 0 Å². The number of nitrogens with zero attached hydrogens (tertiary/aromatic N) is 2. The highest BCUT2D eigenvalue weighted by Crippen LogP contribution is 2.39. The lowest BCUT2D eigenvalue weighted by Crippen LogP contribution is -2.54. The van der Waals surface area contributed by atoms with Crippen LogP contribution in [0.3, 0.4) is 0 Å². The number of benzene rings is 1. The number of amides is 4. The van der Waals surface area contributed by atoms with E-state index in [-0.39, 0.29) is 11.6 Å². The molecule has 0 unspecified atom stereocenters. The number of hydrogen-bond donors (Lipinski definition) is 2. The molecule has 2 saturated heterocycles. The molecule has 4 amide bonds. The van der Waals surface area contributed by atoms with Crippen molar-refractivity contribution in [3.8, 4) is 0 Å². The van der Waals surface area contributed by atoms with E-state index in [9.17, 15) is 27.6 Å². The smallest absolute Gasteiger partial charge is 0.370 e. The number of anilines is 2. The van der Waals surface area contributed by atoms with E-state index in [1.807, 2.05) is 11.8 Å². The molecule has 2 atom stereocenters. The van der Waals surface area contributed by atoms with E-state index in [2.05, 4.69) is 10.6 Å². The van der Waals surface area contributed by atoms with E-state index in [0.29, 0.717) is 25.2 Å². The van der Waals surface area contributed by atoms with Crippen molar-refractivity contribution < 1.29 is 27.6 Å². The Morgan fingerprint density at radius 1 is 1.19 bits per heavy atom. The van der Waals surface area contributed by atoms with Gasteiger partial charge < -0.3 is 15.5 Å². The van der Waals surface area contributed by atoms with Gasteiger partial charge in [-0.2, -0.15) is 13.2 Å². The number of nitrogens with one attached hydrogen (secondary N) is 2. The third-order valence-electron chi connectivity index (χ3n) is 6.85. The number of halogens is 3. The highest BCUT2D eigenvalue weighted by Gasteiger charge is 2.55. The molecule has 3 aliphatic rings. The summed E-state index contributed by atoms with van der Waals surface area (Å²) in [5, 5.41) is 5.29. The van der Waals surface area contributed by atoms with Gasteiger partial charge in [0.25, 0.3) is 5.91 Å². The highest BCUT2D eigenvalue weighted by atomic mass is 19.4. The molecule has 7 nitrogen and oxygen atoms in total. The van der Waals surface area contributed by atoms with Gasteiger partial charge in [-0.3, -0.25) is 14.5 Å². The van der Waals surface area contributed by atoms with Gasteiger partial charge in [0.1, 0.15) is 12.1 Å². The molecule has 2 aliphatic heterocycles. The first-order chi connectivity index (χ1) is 15.1. The summed E-state index contributed by atoms with van der Waals surface area (Å²) in [5.41, 5.74) is -1.34. The van der Waals surface area contributed by atoms with Crippen molar-refractivity contribution in [3.05, 3.63) is 23.8 Å². The zero-order valence-corrected chi connectivity index (χ0v) is 17.9. The molecule has 4 rings (SSSR count). The lowest BCUT2D eigenvalue weighted by Gasteiger charge is -2.36. The van der Waals surface area contributed by atoms with Gasteiger partial charge in [0, 0.05) is 13.1 Å². The Hall–Kier alpha value is -2.78. The number of alkyl halides is 3. The van der Waals surface area contributed by atoms with Gasteiger partial charge >= 0.3 is 12.2 Å². The molecule has 0 aromatic heterocycles. The van der Waals surface area contributed by atoms with Crippen molar-refractivity contribution in [2.75, 3.05) is 29.9 Å². The fraction of sp³-hybridized carbons (Fsp3) is 0.591. The second-order valence-electron chi connectivity index (χ2n) is 8.91. The molecule has 2 heterocycles. The first-order valence-electron chi connectivity index (χ1n) is 11.0. The quantitative estimate of drug-likeness (QED) is 0.682. The van der Waals surface area contributed by atoms with Crippen LogP contribution in [-0.2, 0) is 15.8 Å². The lowest BCUT2D eigenvalue weighted by atomic mass is 9.73. The Kier molecular flexibility index (Phi) is 5.81. The predicted molar refractivity (Wildman–Crippen MR) is 112 cm³/mol. The molecule has 0 radical (unpaired) electrons. The molecule has 0 bridgehead atoms. The maximum Gasteiger partial charge on any atom is 0.416 e. The second-order valence-corrected chi connectivity index (χ2v) is 8.91. The number of carbonyl (C=O) groups is 3. The average molecular weight is 452 g/mol. The summed E-state index contributed by atoms with van der Waals surface area (Å²) in [6, 6.07) is 2.62. The minimum atomic E-state index is -4.56. The van der Waals surface area contributed by atoms with Crippen LogP contribution in [0.4, 0.5) is 29.3 Å². The molecule has 1 spiro atoms. The zero-order chi connectivity index (χ0) is 23.1. The van der Waals surface area contributed by atoms with E-state index in [1.165, 1.54) is 6.07 Å². The van der Waals surface area contributed by atoms with Crippen LogP contribution in [0, 0.1) is 5.92 Å². The maximum atomic E-state index is 13.3. The number of carbonyl (C=O) groups excluding carboxylic acids is 3. The van der Waals surface area contributed by atoms with Crippen LogP contribution in [0.5, 0.6) is 0 Å². The minimum Gasteiger partial charge on any atom is -0.370 e. The first kappa shape index (κ1) is 22.4. The monoisotopic (exact) mass is 452 g/mol. The minimum absolute atomic E-state index is 0.0273. The third-order valence-corrected chi connectivity index (χ3v) is 6.85. The van der Waals surface area contributed by atoms with Gasteiger partial charge in [-0.15, -0.1) is 0 Å². The van der Waals surface area contributed by atoms with Crippen LogP contribution >= 0.6 is 0 Å². The molecular weight excluding hydrogens is 425 g/mol. The second kappa shape index (κ2) is 8.29. The summed E-state index contributed by atoms with van der Waals surface area (Å²) in [4.78, 5) is 41.1. The fourth-order valence-electron chi connectivity index (χ4n) is 5.02. The van der Waals surface area contributed by atoms with E-state index in [0.717, 1.165) is 49.1 Å². The summed E-state index contributed by atoms with van der Waals surface area (Å²) < 4.78 is 39.8. The molecule has 10 heteroatoms. The molecule has 1 aliphatic carbocycles. The Morgan fingerprint density at radius 2 is 1.91 bits per heavy atom. The van der Waals surface area contributed by atoms with Crippen molar-refractivity contribution in [1.29, 1.82) is 0 Å². The van der Waals surface area contributed by atoms with Gasteiger partial charge in [0.05, 0.1) is 16.9 Å². The van der Waals surface area contributed by atoms with Gasteiger partial charge in [0.15, 0.2) is 0 Å². The summed E-state index contributed by atoms with van der Waals surface area (Å²) in [6.45, 7) is 2.73. The Morgan fingerprint density at radius 3 is 2.56 bits per heavy atom. The third kappa shape index (κ3) is 4.02. The Bertz CT molecular complexity index is 929. The molecule has 32 heavy (non-hydrogen) atoms. The largest absolute Gasteiger partial charge is 0.416 e. The SMILES string of the molecule is C[C@@H]1CCCC[C@]12NC(=O)N(CC(=O)Nc1cc(C(F)(F)F)ccc1N1CCCC1)C2=O. The van der Waals surface area contributed by atoms with Crippen molar-refractivity contribution >= 4 is 29.2 Å². The van der Waals surface area contributed by atoms with Gasteiger partial charge in [-0.25, -0.2) is 4.79 Å². The van der Waals surface area contributed by atoms with E-state index in [4.69, 9.17) is 0 Å². The molecule has 174 valence electrons. The van der Waals surface area contributed by atoms with Crippen LogP contribution in [0.2, 0.25) is 0 Å². The van der Waals surface area contributed by atoms with Gasteiger partial charge in [0.2, 0.25) is 5.91 Å². The van der Waals surface area contributed by atoms with E-state index in [1.54, 1.807) is 0 Å². The van der Waals surface area contributed by atoms with E-state index < -0.39 is 41.7 Å². The van der Waals surface area contributed by atoms with Gasteiger partial charge in [-0.05, 0) is 49.8 Å². The molecule has 3 fully saturated rings. The van der Waals surface area contributed by atoms with E-state index >= 15 is 0 Å². The zero-order valence-electron chi connectivity index (χ0n) is 17.9. The molecule has 1 aromatic rings. The molecule has 1 saturated carbocycles. The Balaban J connectivity index is 1.53. The standard InChI is InChI=1S/C22H27F3N4O3/c1-14-6-2-3-9-21(14)19(31)29(20(32)27-21)13-18(30)26-16-12-15(22(23,24)25)7-8-17(16)28-10-4-5-11-28/h7-8,12,14H,2-6,9-11,13H2,1H3,(H,26,30)(H,27,32)/t14-,21+/m1/s1.